The number of rotatable bonds is 12. The molecule has 6 heteroatoms. The van der Waals surface area contributed by atoms with Crippen molar-refractivity contribution in [2.24, 2.45) is 0 Å². The van der Waals surface area contributed by atoms with E-state index in [0.717, 1.165) is 22.3 Å². The van der Waals surface area contributed by atoms with Crippen LogP contribution in [0.25, 0.3) is 0 Å². The van der Waals surface area contributed by atoms with Crippen LogP contribution in [0.1, 0.15) is 22.3 Å². The van der Waals surface area contributed by atoms with Gasteiger partial charge in [0.2, 0.25) is 0 Å². The molecule has 1 aliphatic heterocycles. The van der Waals surface area contributed by atoms with Crippen LogP contribution in [0.5, 0.6) is 0 Å². The lowest BCUT2D eigenvalue weighted by molar-refractivity contribution is -0.307. The molecule has 4 aromatic rings. The highest BCUT2D eigenvalue weighted by molar-refractivity contribution is 5.47. The first-order valence-electron chi connectivity index (χ1n) is 13.8. The quantitative estimate of drug-likeness (QED) is 0.185. The summed E-state index contributed by atoms with van der Waals surface area (Å²) in [6.45, 7) is 4.07. The van der Waals surface area contributed by atoms with Crippen LogP contribution in [0.3, 0.4) is 0 Å². The molecule has 4 aromatic carbocycles. The zero-order chi connectivity index (χ0) is 28.5. The Bertz CT molecular complexity index is 1240. The summed E-state index contributed by atoms with van der Waals surface area (Å²) in [6.07, 6.45) is -3.58. The van der Waals surface area contributed by atoms with Crippen molar-refractivity contribution in [3.8, 4) is 0 Å². The first-order valence-corrected chi connectivity index (χ1v) is 13.8. The van der Waals surface area contributed by atoms with E-state index in [4.69, 9.17) is 18.9 Å². The van der Waals surface area contributed by atoms with Crippen LogP contribution in [0, 0.1) is 0 Å². The standard InChI is InChI=1S/C35H36O6/c1-2-23-38-33-32(39-24-26-15-7-3-8-16-26)31(36)30(41-34(33)37)25-40-35(27-17-9-4-10-18-27,28-19-11-5-12-20-28)29-21-13-6-14-22-29/h2-22,30-34,36-37H,1,23-25H2/t30-,31+,32+,33-,34+/m1/s1. The molecular weight excluding hydrogens is 516 g/mol. The number of benzene rings is 4. The summed E-state index contributed by atoms with van der Waals surface area (Å²) in [5.74, 6) is 0. The van der Waals surface area contributed by atoms with E-state index < -0.39 is 36.3 Å². The second-order valence-electron chi connectivity index (χ2n) is 9.99. The lowest BCUT2D eigenvalue weighted by Crippen LogP contribution is -2.60. The minimum atomic E-state index is -1.34. The molecule has 0 unspecified atom stereocenters. The molecule has 0 radical (unpaired) electrons. The highest BCUT2D eigenvalue weighted by atomic mass is 16.7. The average Bonchev–Trinajstić information content (AvgIpc) is 3.03. The van der Waals surface area contributed by atoms with Gasteiger partial charge in [0.1, 0.15) is 30.0 Å². The molecule has 1 heterocycles. The van der Waals surface area contributed by atoms with E-state index in [2.05, 4.69) is 6.58 Å². The largest absolute Gasteiger partial charge is 0.387 e. The zero-order valence-corrected chi connectivity index (χ0v) is 22.9. The van der Waals surface area contributed by atoms with Gasteiger partial charge in [-0.15, -0.1) is 6.58 Å². The number of hydrogen-bond acceptors (Lipinski definition) is 6. The van der Waals surface area contributed by atoms with Gasteiger partial charge in [0.25, 0.3) is 0 Å². The Morgan fingerprint density at radius 2 is 1.17 bits per heavy atom. The fourth-order valence-electron chi connectivity index (χ4n) is 5.34. The van der Waals surface area contributed by atoms with Crippen LogP contribution in [0.4, 0.5) is 0 Å². The Morgan fingerprint density at radius 1 is 0.683 bits per heavy atom. The number of aliphatic hydroxyl groups is 2. The van der Waals surface area contributed by atoms with E-state index in [-0.39, 0.29) is 19.8 Å². The van der Waals surface area contributed by atoms with Crippen molar-refractivity contribution < 1.29 is 29.2 Å². The Labute approximate surface area is 241 Å². The highest BCUT2D eigenvalue weighted by Crippen LogP contribution is 2.41. The average molecular weight is 553 g/mol. The SMILES string of the molecule is C=CCO[C@@H]1[C@@H](OCc2ccccc2)[C@@H](O)[C@@H](COC(c2ccccc2)(c2ccccc2)c2ccccc2)O[C@@H]1O. The van der Waals surface area contributed by atoms with E-state index in [1.807, 2.05) is 121 Å². The fourth-order valence-corrected chi connectivity index (χ4v) is 5.34. The van der Waals surface area contributed by atoms with Crippen molar-refractivity contribution in [1.82, 2.24) is 0 Å². The Hall–Kier alpha value is -3.62. The number of aliphatic hydroxyl groups excluding tert-OH is 2. The van der Waals surface area contributed by atoms with Gasteiger partial charge in [-0.25, -0.2) is 0 Å². The third-order valence-electron chi connectivity index (χ3n) is 7.33. The summed E-state index contributed by atoms with van der Waals surface area (Å²) in [5.41, 5.74) is 2.70. The number of hydrogen-bond donors (Lipinski definition) is 2. The van der Waals surface area contributed by atoms with Gasteiger partial charge in [-0.2, -0.15) is 0 Å². The Morgan fingerprint density at radius 3 is 1.66 bits per heavy atom. The van der Waals surface area contributed by atoms with E-state index in [0.29, 0.717) is 0 Å². The van der Waals surface area contributed by atoms with E-state index in [1.165, 1.54) is 0 Å². The zero-order valence-electron chi connectivity index (χ0n) is 22.9. The minimum Gasteiger partial charge on any atom is -0.387 e. The van der Waals surface area contributed by atoms with Crippen LogP contribution in [0.15, 0.2) is 134 Å². The smallest absolute Gasteiger partial charge is 0.184 e. The molecule has 41 heavy (non-hydrogen) atoms. The van der Waals surface area contributed by atoms with Crippen LogP contribution in [-0.4, -0.2) is 54.1 Å². The minimum absolute atomic E-state index is 0.0315. The maximum absolute atomic E-state index is 11.6. The van der Waals surface area contributed by atoms with Crippen molar-refractivity contribution in [1.29, 1.82) is 0 Å². The molecule has 5 rings (SSSR count). The second kappa shape index (κ2) is 13.8. The van der Waals surface area contributed by atoms with Crippen LogP contribution in [-0.2, 0) is 31.2 Å². The fraction of sp³-hybridized carbons (Fsp3) is 0.257. The molecule has 5 atom stereocenters. The maximum atomic E-state index is 11.6. The summed E-state index contributed by atoms with van der Waals surface area (Å²) in [7, 11) is 0. The molecule has 1 aliphatic rings. The molecule has 1 fully saturated rings. The van der Waals surface area contributed by atoms with Crippen molar-refractivity contribution in [2.75, 3.05) is 13.2 Å². The molecule has 0 spiro atoms. The van der Waals surface area contributed by atoms with Gasteiger partial charge >= 0.3 is 0 Å². The van der Waals surface area contributed by atoms with Crippen molar-refractivity contribution in [3.63, 3.8) is 0 Å². The van der Waals surface area contributed by atoms with E-state index in [9.17, 15) is 10.2 Å². The van der Waals surface area contributed by atoms with Crippen molar-refractivity contribution >= 4 is 0 Å². The van der Waals surface area contributed by atoms with Crippen molar-refractivity contribution in [2.45, 2.75) is 42.9 Å². The summed E-state index contributed by atoms with van der Waals surface area (Å²) in [6, 6.07) is 39.6. The first kappa shape index (κ1) is 28.9. The monoisotopic (exact) mass is 552 g/mol. The van der Waals surface area contributed by atoms with Crippen molar-refractivity contribution in [3.05, 3.63) is 156 Å². The summed E-state index contributed by atoms with van der Waals surface area (Å²) in [4.78, 5) is 0. The molecule has 0 bridgehead atoms. The van der Waals surface area contributed by atoms with Gasteiger partial charge in [-0.3, -0.25) is 0 Å². The van der Waals surface area contributed by atoms with Gasteiger partial charge in [0, 0.05) is 0 Å². The molecule has 0 aromatic heterocycles. The van der Waals surface area contributed by atoms with Gasteiger partial charge in [0.15, 0.2) is 6.29 Å². The lowest BCUT2D eigenvalue weighted by atomic mass is 9.80. The predicted octanol–water partition coefficient (Wildman–Crippen LogP) is 5.23. The third kappa shape index (κ3) is 6.49. The molecule has 212 valence electrons. The molecular formula is C35H36O6. The Kier molecular flexibility index (Phi) is 9.75. The van der Waals surface area contributed by atoms with Crippen LogP contribution < -0.4 is 0 Å². The van der Waals surface area contributed by atoms with Gasteiger partial charge < -0.3 is 29.2 Å². The maximum Gasteiger partial charge on any atom is 0.184 e. The van der Waals surface area contributed by atoms with E-state index in [1.54, 1.807) is 6.08 Å². The third-order valence-corrected chi connectivity index (χ3v) is 7.33. The van der Waals surface area contributed by atoms with E-state index >= 15 is 0 Å². The second-order valence-corrected chi connectivity index (χ2v) is 9.99. The highest BCUT2D eigenvalue weighted by Gasteiger charge is 2.48. The molecule has 0 saturated carbocycles. The normalized spacial score (nSPS) is 22.7. The lowest BCUT2D eigenvalue weighted by Gasteiger charge is -2.44. The van der Waals surface area contributed by atoms with Gasteiger partial charge in [0.05, 0.1) is 19.8 Å². The summed E-state index contributed by atoms with van der Waals surface area (Å²) in [5, 5.41) is 22.6. The Balaban J connectivity index is 1.46. The molecule has 6 nitrogen and oxygen atoms in total. The van der Waals surface area contributed by atoms with Crippen LogP contribution in [0.2, 0.25) is 0 Å². The predicted molar refractivity (Wildman–Crippen MR) is 157 cm³/mol. The van der Waals surface area contributed by atoms with Gasteiger partial charge in [-0.1, -0.05) is 127 Å². The molecule has 0 aliphatic carbocycles. The molecule has 1 saturated heterocycles. The molecule has 0 amide bonds. The molecule has 2 N–H and O–H groups in total. The number of ether oxygens (including phenoxy) is 4. The summed E-state index contributed by atoms with van der Waals surface area (Å²) < 4.78 is 24.8. The van der Waals surface area contributed by atoms with Gasteiger partial charge in [-0.05, 0) is 22.3 Å². The summed E-state index contributed by atoms with van der Waals surface area (Å²) >= 11 is 0. The van der Waals surface area contributed by atoms with Crippen LogP contribution >= 0.6 is 0 Å². The topological polar surface area (TPSA) is 77.4 Å². The first-order chi connectivity index (χ1) is 20.1.